The Morgan fingerprint density at radius 2 is 2.14 bits per heavy atom. The van der Waals surface area contributed by atoms with Gasteiger partial charge in [-0.3, -0.25) is 9.59 Å². The Balaban J connectivity index is 2.20. The van der Waals surface area contributed by atoms with Gasteiger partial charge in [-0.25, -0.2) is 0 Å². The number of carbonyl (C=O) groups is 2. The Morgan fingerprint density at radius 1 is 1.38 bits per heavy atom. The zero-order valence-electron chi connectivity index (χ0n) is 11.8. The topological polar surface area (TPSA) is 74.0 Å². The summed E-state index contributed by atoms with van der Waals surface area (Å²) < 4.78 is 0. The van der Waals surface area contributed by atoms with Gasteiger partial charge in [-0.05, 0) is 11.6 Å². The van der Waals surface area contributed by atoms with E-state index < -0.39 is 6.04 Å². The molecule has 0 aliphatic heterocycles. The first kappa shape index (κ1) is 14.7. The van der Waals surface area contributed by atoms with Crippen molar-refractivity contribution in [2.45, 2.75) is 19.4 Å². The first-order valence-corrected chi connectivity index (χ1v) is 6.65. The summed E-state index contributed by atoms with van der Waals surface area (Å²) in [4.78, 5) is 26.5. The summed E-state index contributed by atoms with van der Waals surface area (Å²) in [5.74, 6) is 1.81. The summed E-state index contributed by atoms with van der Waals surface area (Å²) in [5, 5.41) is 6.30. The van der Waals surface area contributed by atoms with Gasteiger partial charge in [0.25, 0.3) is 0 Å². The Labute approximate surface area is 123 Å². The van der Waals surface area contributed by atoms with Gasteiger partial charge in [-0.2, -0.15) is 0 Å². The van der Waals surface area contributed by atoms with E-state index in [0.29, 0.717) is 6.42 Å². The number of para-hydroxylation sites is 1. The molecule has 1 atom stereocenters. The van der Waals surface area contributed by atoms with E-state index in [1.807, 2.05) is 30.5 Å². The third kappa shape index (κ3) is 3.63. The van der Waals surface area contributed by atoms with Crippen LogP contribution in [0.1, 0.15) is 12.5 Å². The van der Waals surface area contributed by atoms with Crippen molar-refractivity contribution < 1.29 is 9.59 Å². The van der Waals surface area contributed by atoms with Crippen molar-refractivity contribution in [2.24, 2.45) is 0 Å². The number of hydrogen-bond donors (Lipinski definition) is 3. The molecule has 5 nitrogen and oxygen atoms in total. The number of aromatic amines is 1. The summed E-state index contributed by atoms with van der Waals surface area (Å²) in [6.07, 6.45) is 7.39. The highest BCUT2D eigenvalue weighted by Gasteiger charge is 2.20. The predicted molar refractivity (Wildman–Crippen MR) is 81.5 cm³/mol. The van der Waals surface area contributed by atoms with Crippen LogP contribution in [0.15, 0.2) is 30.5 Å². The number of rotatable bonds is 5. The lowest BCUT2D eigenvalue weighted by atomic mass is 10.0. The molecule has 0 spiro atoms. The molecule has 0 radical (unpaired) electrons. The van der Waals surface area contributed by atoms with Crippen LogP contribution in [0.4, 0.5) is 0 Å². The highest BCUT2D eigenvalue weighted by atomic mass is 16.2. The highest BCUT2D eigenvalue weighted by Crippen LogP contribution is 2.19. The Hall–Kier alpha value is -2.74. The molecule has 2 aromatic rings. The van der Waals surface area contributed by atoms with Gasteiger partial charge < -0.3 is 15.6 Å². The van der Waals surface area contributed by atoms with Gasteiger partial charge in [0.2, 0.25) is 11.8 Å². The van der Waals surface area contributed by atoms with E-state index in [9.17, 15) is 9.59 Å². The van der Waals surface area contributed by atoms with Crippen molar-refractivity contribution >= 4 is 22.7 Å². The van der Waals surface area contributed by atoms with E-state index >= 15 is 0 Å². The van der Waals surface area contributed by atoms with Gasteiger partial charge in [0.15, 0.2) is 0 Å². The monoisotopic (exact) mass is 283 g/mol. The van der Waals surface area contributed by atoms with Crippen molar-refractivity contribution in [3.63, 3.8) is 0 Å². The zero-order chi connectivity index (χ0) is 15.2. The van der Waals surface area contributed by atoms with Gasteiger partial charge in [0, 0.05) is 30.4 Å². The normalized spacial score (nSPS) is 11.6. The molecular formula is C16H17N3O2. The number of fused-ring (bicyclic) bond motifs is 1. The summed E-state index contributed by atoms with van der Waals surface area (Å²) in [6, 6.07) is 7.17. The van der Waals surface area contributed by atoms with E-state index in [1.165, 1.54) is 6.92 Å². The van der Waals surface area contributed by atoms with Crippen LogP contribution in [-0.2, 0) is 16.0 Å². The maximum absolute atomic E-state index is 12.1. The lowest BCUT2D eigenvalue weighted by Crippen LogP contribution is -2.47. The van der Waals surface area contributed by atoms with Crippen LogP contribution in [0.2, 0.25) is 0 Å². The predicted octanol–water partition coefficient (Wildman–Crippen LogP) is 0.964. The van der Waals surface area contributed by atoms with Crippen LogP contribution in [0, 0.1) is 12.3 Å². The third-order valence-electron chi connectivity index (χ3n) is 3.16. The largest absolute Gasteiger partial charge is 0.361 e. The Kier molecular flexibility index (Phi) is 4.62. The molecule has 0 fully saturated rings. The smallest absolute Gasteiger partial charge is 0.243 e. The molecule has 3 N–H and O–H groups in total. The van der Waals surface area contributed by atoms with Crippen LogP contribution < -0.4 is 10.6 Å². The second-order valence-corrected chi connectivity index (χ2v) is 4.74. The zero-order valence-corrected chi connectivity index (χ0v) is 11.8. The molecule has 2 rings (SSSR count). The molecular weight excluding hydrogens is 266 g/mol. The second kappa shape index (κ2) is 6.62. The molecule has 0 aliphatic rings. The van der Waals surface area contributed by atoms with E-state index in [1.54, 1.807) is 0 Å². The molecule has 1 aromatic carbocycles. The average molecular weight is 283 g/mol. The summed E-state index contributed by atoms with van der Waals surface area (Å²) in [6.45, 7) is 1.53. The van der Waals surface area contributed by atoms with Crippen LogP contribution in [0.5, 0.6) is 0 Å². The number of terminal acetylenes is 1. The molecule has 108 valence electrons. The molecule has 0 aliphatic carbocycles. The standard InChI is InChI=1S/C16H17N3O2/c1-3-8-17-16(21)15(19-11(2)20)9-12-10-18-14-7-5-4-6-13(12)14/h1,4-7,10,15,18H,8-9H2,2H3,(H,17,21)(H,19,20). The summed E-state index contributed by atoms with van der Waals surface area (Å²) in [5.41, 5.74) is 1.97. The van der Waals surface area contributed by atoms with Gasteiger partial charge in [0.1, 0.15) is 6.04 Å². The third-order valence-corrected chi connectivity index (χ3v) is 3.16. The van der Waals surface area contributed by atoms with Crippen LogP contribution >= 0.6 is 0 Å². The van der Waals surface area contributed by atoms with E-state index in [4.69, 9.17) is 6.42 Å². The summed E-state index contributed by atoms with van der Waals surface area (Å²) >= 11 is 0. The number of benzene rings is 1. The van der Waals surface area contributed by atoms with Gasteiger partial charge >= 0.3 is 0 Å². The maximum atomic E-state index is 12.1. The second-order valence-electron chi connectivity index (χ2n) is 4.74. The van der Waals surface area contributed by atoms with E-state index in [0.717, 1.165) is 16.5 Å². The Bertz CT molecular complexity index is 697. The fraction of sp³-hybridized carbons (Fsp3) is 0.250. The first-order chi connectivity index (χ1) is 10.1. The van der Waals surface area contributed by atoms with Crippen LogP contribution in [0.3, 0.4) is 0 Å². The molecule has 21 heavy (non-hydrogen) atoms. The van der Waals surface area contributed by atoms with Gasteiger partial charge in [0.05, 0.1) is 6.54 Å². The van der Waals surface area contributed by atoms with E-state index in [2.05, 4.69) is 21.5 Å². The summed E-state index contributed by atoms with van der Waals surface area (Å²) in [7, 11) is 0. The van der Waals surface area contributed by atoms with Crippen LogP contribution in [0.25, 0.3) is 10.9 Å². The Morgan fingerprint density at radius 3 is 2.86 bits per heavy atom. The molecule has 0 saturated carbocycles. The molecule has 5 heteroatoms. The maximum Gasteiger partial charge on any atom is 0.243 e. The van der Waals surface area contributed by atoms with E-state index in [-0.39, 0.29) is 18.4 Å². The number of hydrogen-bond acceptors (Lipinski definition) is 2. The lowest BCUT2D eigenvalue weighted by Gasteiger charge is -2.16. The SMILES string of the molecule is C#CCNC(=O)C(Cc1c[nH]c2ccccc12)NC(C)=O. The van der Waals surface area contributed by atoms with Crippen molar-refractivity contribution in [1.29, 1.82) is 0 Å². The quantitative estimate of drug-likeness (QED) is 0.715. The molecule has 0 saturated heterocycles. The number of nitrogens with one attached hydrogen (secondary N) is 3. The minimum atomic E-state index is -0.643. The highest BCUT2D eigenvalue weighted by molar-refractivity contribution is 5.89. The molecule has 0 bridgehead atoms. The fourth-order valence-electron chi connectivity index (χ4n) is 2.24. The average Bonchev–Trinajstić information content (AvgIpc) is 2.87. The number of H-pyrrole nitrogens is 1. The van der Waals surface area contributed by atoms with Crippen molar-refractivity contribution in [1.82, 2.24) is 15.6 Å². The fourth-order valence-corrected chi connectivity index (χ4v) is 2.24. The minimum Gasteiger partial charge on any atom is -0.361 e. The number of amides is 2. The first-order valence-electron chi connectivity index (χ1n) is 6.65. The number of carbonyl (C=O) groups excluding carboxylic acids is 2. The number of aromatic nitrogens is 1. The van der Waals surface area contributed by atoms with Gasteiger partial charge in [-0.1, -0.05) is 24.1 Å². The van der Waals surface area contributed by atoms with Crippen molar-refractivity contribution in [3.05, 3.63) is 36.0 Å². The molecule has 1 heterocycles. The van der Waals surface area contributed by atoms with Crippen molar-refractivity contribution in [2.75, 3.05) is 6.54 Å². The van der Waals surface area contributed by atoms with Gasteiger partial charge in [-0.15, -0.1) is 6.42 Å². The lowest BCUT2D eigenvalue weighted by molar-refractivity contribution is -0.127. The van der Waals surface area contributed by atoms with Crippen molar-refractivity contribution in [3.8, 4) is 12.3 Å². The molecule has 1 aromatic heterocycles. The van der Waals surface area contributed by atoms with Crippen LogP contribution in [-0.4, -0.2) is 29.4 Å². The molecule has 2 amide bonds. The molecule has 1 unspecified atom stereocenters. The minimum absolute atomic E-state index is 0.142.